The molecule has 0 aliphatic heterocycles. The molecule has 0 spiro atoms. The minimum absolute atomic E-state index is 0.00816. The van der Waals surface area contributed by atoms with Gasteiger partial charge in [-0.3, -0.25) is 0 Å². The van der Waals surface area contributed by atoms with E-state index in [1.54, 1.807) is 13.8 Å². The van der Waals surface area contributed by atoms with Crippen molar-refractivity contribution >= 4 is 33.6 Å². The maximum atomic E-state index is 11.9. The summed E-state index contributed by atoms with van der Waals surface area (Å²) < 4.78 is 10.7. The molecule has 0 atom stereocenters. The Morgan fingerprint density at radius 3 is 2.08 bits per heavy atom. The maximum Gasteiger partial charge on any atom is 0.347 e. The molecule has 0 aliphatic carbocycles. The summed E-state index contributed by atoms with van der Waals surface area (Å²) in [6.45, 7) is 10.1. The van der Waals surface area contributed by atoms with Crippen molar-refractivity contribution in [1.29, 1.82) is 0 Å². The number of carbonyl (C=O) groups excluding carboxylic acids is 2. The van der Waals surface area contributed by atoms with Gasteiger partial charge >= 0.3 is 11.9 Å². The van der Waals surface area contributed by atoms with E-state index >= 15 is 0 Å². The summed E-state index contributed by atoms with van der Waals surface area (Å²) in [6, 6.07) is 5.77. The van der Waals surface area contributed by atoms with Crippen LogP contribution >= 0.6 is 15.9 Å². The molecule has 0 aliphatic rings. The van der Waals surface area contributed by atoms with Crippen LogP contribution < -0.4 is 5.32 Å². The zero-order valence-electron chi connectivity index (χ0n) is 14.7. The maximum absolute atomic E-state index is 11.9. The Bertz CT molecular complexity index is 612. The predicted octanol–water partition coefficient (Wildman–Crippen LogP) is 4.17. The third-order valence-corrected chi connectivity index (χ3v) is 3.81. The van der Waals surface area contributed by atoms with E-state index in [9.17, 15) is 9.59 Å². The zero-order chi connectivity index (χ0) is 18.3. The summed E-state index contributed by atoms with van der Waals surface area (Å²) >= 11 is 3.55. The van der Waals surface area contributed by atoms with Gasteiger partial charge in [-0.25, -0.2) is 9.59 Å². The average Bonchev–Trinajstić information content (AvgIpc) is 2.46. The minimum atomic E-state index is -0.714. The molecule has 6 heteroatoms. The molecule has 0 unspecified atom stereocenters. The van der Waals surface area contributed by atoms with Crippen molar-refractivity contribution in [2.75, 3.05) is 18.5 Å². The molecule has 1 aromatic rings. The van der Waals surface area contributed by atoms with Crippen molar-refractivity contribution in [3.05, 3.63) is 40.0 Å². The average molecular weight is 398 g/mol. The van der Waals surface area contributed by atoms with Gasteiger partial charge < -0.3 is 14.8 Å². The number of rotatable bonds is 6. The van der Waals surface area contributed by atoms with Crippen LogP contribution in [0.15, 0.2) is 34.4 Å². The van der Waals surface area contributed by atoms with Gasteiger partial charge in [-0.1, -0.05) is 42.8 Å². The molecule has 5 nitrogen and oxygen atoms in total. The number of hydrogen-bond acceptors (Lipinski definition) is 5. The van der Waals surface area contributed by atoms with Gasteiger partial charge in [-0.2, -0.15) is 0 Å². The van der Waals surface area contributed by atoms with Crippen molar-refractivity contribution in [2.24, 2.45) is 0 Å². The van der Waals surface area contributed by atoms with Gasteiger partial charge in [0.1, 0.15) is 0 Å². The Kier molecular flexibility index (Phi) is 7.48. The SMILES string of the molecule is CCOC(=O)C(=CNc1ccc(C(C)(C)C)c(Br)c1)C(=O)OCC. The van der Waals surface area contributed by atoms with Crippen molar-refractivity contribution in [1.82, 2.24) is 0 Å². The Hall–Kier alpha value is -1.82. The van der Waals surface area contributed by atoms with Crippen LogP contribution in [-0.4, -0.2) is 25.2 Å². The van der Waals surface area contributed by atoms with Crippen molar-refractivity contribution in [2.45, 2.75) is 40.0 Å². The first-order valence-electron chi connectivity index (χ1n) is 7.81. The smallest absolute Gasteiger partial charge is 0.347 e. The monoisotopic (exact) mass is 397 g/mol. The van der Waals surface area contributed by atoms with Gasteiger partial charge in [0.15, 0.2) is 5.57 Å². The molecule has 0 heterocycles. The lowest BCUT2D eigenvalue weighted by molar-refractivity contribution is -0.146. The van der Waals surface area contributed by atoms with E-state index in [1.807, 2.05) is 18.2 Å². The fourth-order valence-corrected chi connectivity index (χ4v) is 2.96. The lowest BCUT2D eigenvalue weighted by Gasteiger charge is -2.21. The number of carbonyl (C=O) groups is 2. The Balaban J connectivity index is 3.03. The van der Waals surface area contributed by atoms with Crippen molar-refractivity contribution in [3.63, 3.8) is 0 Å². The highest BCUT2D eigenvalue weighted by Gasteiger charge is 2.21. The Morgan fingerprint density at radius 2 is 1.67 bits per heavy atom. The van der Waals surface area contributed by atoms with Crippen LogP contribution in [-0.2, 0) is 24.5 Å². The molecule has 1 N–H and O–H groups in total. The van der Waals surface area contributed by atoms with Gasteiger partial charge in [0, 0.05) is 16.4 Å². The Morgan fingerprint density at radius 1 is 1.12 bits per heavy atom. The first-order chi connectivity index (χ1) is 11.2. The first kappa shape index (κ1) is 20.2. The molecule has 0 saturated carbocycles. The molecule has 0 bridgehead atoms. The number of nitrogens with one attached hydrogen (secondary N) is 1. The summed E-state index contributed by atoms with van der Waals surface area (Å²) in [7, 11) is 0. The van der Waals surface area contributed by atoms with E-state index in [4.69, 9.17) is 9.47 Å². The number of hydrogen-bond donors (Lipinski definition) is 1. The standard InChI is InChI=1S/C18H24BrNO4/c1-6-23-16(21)13(17(22)24-7-2)11-20-12-8-9-14(15(19)10-12)18(3,4)5/h8-11,20H,6-7H2,1-5H3. The second-order valence-corrected chi connectivity index (χ2v) is 6.94. The van der Waals surface area contributed by atoms with Crippen LogP contribution in [0.1, 0.15) is 40.2 Å². The highest BCUT2D eigenvalue weighted by atomic mass is 79.9. The summed E-state index contributed by atoms with van der Waals surface area (Å²) in [6.07, 6.45) is 1.31. The van der Waals surface area contributed by atoms with Crippen LogP contribution in [0.25, 0.3) is 0 Å². The minimum Gasteiger partial charge on any atom is -0.462 e. The van der Waals surface area contributed by atoms with Crippen LogP contribution in [0, 0.1) is 0 Å². The molecule has 1 rings (SSSR count). The van der Waals surface area contributed by atoms with Crippen LogP contribution in [0.2, 0.25) is 0 Å². The van der Waals surface area contributed by atoms with Crippen molar-refractivity contribution in [3.8, 4) is 0 Å². The van der Waals surface area contributed by atoms with Gasteiger partial charge in [0.2, 0.25) is 0 Å². The van der Waals surface area contributed by atoms with E-state index in [1.165, 1.54) is 6.20 Å². The van der Waals surface area contributed by atoms with Crippen LogP contribution in [0.5, 0.6) is 0 Å². The topological polar surface area (TPSA) is 64.6 Å². The summed E-state index contributed by atoms with van der Waals surface area (Å²) in [4.78, 5) is 23.8. The van der Waals surface area contributed by atoms with Gasteiger partial charge in [-0.05, 0) is 37.0 Å². The fraction of sp³-hybridized carbons (Fsp3) is 0.444. The number of benzene rings is 1. The van der Waals surface area contributed by atoms with E-state index in [2.05, 4.69) is 42.0 Å². The van der Waals surface area contributed by atoms with Gasteiger partial charge in [0.05, 0.1) is 13.2 Å². The molecule has 0 saturated heterocycles. The molecule has 24 heavy (non-hydrogen) atoms. The molecule has 0 aromatic heterocycles. The third-order valence-electron chi connectivity index (χ3n) is 3.15. The molecular weight excluding hydrogens is 374 g/mol. The fourth-order valence-electron chi connectivity index (χ4n) is 1.99. The second-order valence-electron chi connectivity index (χ2n) is 6.09. The first-order valence-corrected chi connectivity index (χ1v) is 8.61. The summed E-state index contributed by atoms with van der Waals surface area (Å²) in [5.41, 5.74) is 1.73. The molecular formula is C18H24BrNO4. The van der Waals surface area contributed by atoms with Crippen LogP contribution in [0.3, 0.4) is 0 Å². The highest BCUT2D eigenvalue weighted by Crippen LogP contribution is 2.31. The van der Waals surface area contributed by atoms with Crippen LogP contribution in [0.4, 0.5) is 5.69 Å². The van der Waals surface area contributed by atoms with Gasteiger partial charge in [0.25, 0.3) is 0 Å². The summed E-state index contributed by atoms with van der Waals surface area (Å²) in [5.74, 6) is -1.43. The quantitative estimate of drug-likeness (QED) is 0.337. The lowest BCUT2D eigenvalue weighted by Crippen LogP contribution is -2.19. The number of anilines is 1. The van der Waals surface area contributed by atoms with E-state index in [-0.39, 0.29) is 24.2 Å². The van der Waals surface area contributed by atoms with E-state index in [0.29, 0.717) is 0 Å². The summed E-state index contributed by atoms with van der Waals surface area (Å²) in [5, 5.41) is 2.95. The number of halogens is 1. The number of esters is 2. The molecule has 0 radical (unpaired) electrons. The molecule has 0 amide bonds. The highest BCUT2D eigenvalue weighted by molar-refractivity contribution is 9.10. The predicted molar refractivity (Wildman–Crippen MR) is 97.8 cm³/mol. The zero-order valence-corrected chi connectivity index (χ0v) is 16.3. The third kappa shape index (κ3) is 5.67. The lowest BCUT2D eigenvalue weighted by atomic mass is 9.87. The molecule has 1 aromatic carbocycles. The van der Waals surface area contributed by atoms with Crippen molar-refractivity contribution < 1.29 is 19.1 Å². The van der Waals surface area contributed by atoms with E-state index < -0.39 is 11.9 Å². The van der Waals surface area contributed by atoms with E-state index in [0.717, 1.165) is 15.7 Å². The molecule has 132 valence electrons. The normalized spacial score (nSPS) is 10.8. The number of ether oxygens (including phenoxy) is 2. The largest absolute Gasteiger partial charge is 0.462 e. The second kappa shape index (κ2) is 8.87. The Labute approximate surface area is 151 Å². The molecule has 0 fully saturated rings. The van der Waals surface area contributed by atoms with Gasteiger partial charge in [-0.15, -0.1) is 0 Å².